The van der Waals surface area contributed by atoms with Crippen LogP contribution >= 0.6 is 36.3 Å². The van der Waals surface area contributed by atoms with E-state index in [2.05, 4.69) is 248 Å². The second-order valence-electron chi connectivity index (χ2n) is 25.1. The third-order valence-electron chi connectivity index (χ3n) is 16.4. The normalized spacial score (nSPS) is 11.1. The van der Waals surface area contributed by atoms with Gasteiger partial charge in [-0.1, -0.05) is 228 Å². The van der Waals surface area contributed by atoms with Crippen LogP contribution in [-0.4, -0.2) is 27.0 Å². The molecule has 6 rings (SSSR count). The smallest absolute Gasteiger partial charge is 0.127 e. The summed E-state index contributed by atoms with van der Waals surface area (Å²) in [6.45, 7) is 43.2. The number of rotatable bonds is 22. The van der Waals surface area contributed by atoms with Gasteiger partial charge in [-0.3, -0.25) is 0 Å². The van der Waals surface area contributed by atoms with Crippen LogP contribution in [-0.2, 0) is 37.1 Å². The van der Waals surface area contributed by atoms with Crippen molar-refractivity contribution in [2.24, 2.45) is 5.92 Å². The third kappa shape index (κ3) is 37.4. The van der Waals surface area contributed by atoms with Crippen molar-refractivity contribution in [2.75, 3.05) is 13.7 Å². The van der Waals surface area contributed by atoms with Crippen LogP contribution in [0.15, 0.2) is 121 Å². The van der Waals surface area contributed by atoms with E-state index in [9.17, 15) is 10.5 Å². The fourth-order valence-corrected chi connectivity index (χ4v) is 13.6. The number of benzene rings is 6. The van der Waals surface area contributed by atoms with Gasteiger partial charge in [-0.05, 0) is 231 Å². The Morgan fingerprint density at radius 3 is 1.47 bits per heavy atom. The molecule has 0 N–H and O–H groups in total. The molecule has 0 bridgehead atoms. The molecule has 0 aliphatic rings. The molecule has 5 atom stereocenters. The average Bonchev–Trinajstić information content (AvgIpc) is 0.828. The molecular formula is C86H120N3O2P4SiV2-. The van der Waals surface area contributed by atoms with Crippen molar-refractivity contribution < 1.29 is 46.6 Å². The second-order valence-corrected chi connectivity index (χ2v) is 31.7. The summed E-state index contributed by atoms with van der Waals surface area (Å²) in [5.41, 5.74) is 22.8. The van der Waals surface area contributed by atoms with Crippen LogP contribution in [0.1, 0.15) is 206 Å². The Morgan fingerprint density at radius 1 is 0.520 bits per heavy atom. The molecule has 0 spiro atoms. The van der Waals surface area contributed by atoms with Crippen molar-refractivity contribution in [1.82, 2.24) is 0 Å². The summed E-state index contributed by atoms with van der Waals surface area (Å²) in [6, 6.07) is 38.3. The predicted octanol–water partition coefficient (Wildman–Crippen LogP) is 25.4. The molecule has 0 aliphatic heterocycles. The number of nitriles is 2. The van der Waals surface area contributed by atoms with Gasteiger partial charge in [0.1, 0.15) is 18.1 Å². The first-order valence-electron chi connectivity index (χ1n) is 34.0. The maximum absolute atomic E-state index is 9.76. The molecule has 5 unspecified atom stereocenters. The Hall–Kier alpha value is -5.32. The van der Waals surface area contributed by atoms with Gasteiger partial charge in [0.25, 0.3) is 0 Å². The molecule has 12 heteroatoms. The Morgan fingerprint density at radius 2 is 0.980 bits per heavy atom. The van der Waals surface area contributed by atoms with Gasteiger partial charge in [-0.15, -0.1) is 42.8 Å². The number of allylic oxidation sites excluding steroid dienone is 7. The van der Waals surface area contributed by atoms with Crippen molar-refractivity contribution in [1.29, 1.82) is 10.5 Å². The van der Waals surface area contributed by atoms with Crippen LogP contribution in [0.5, 0.6) is 11.5 Å². The minimum atomic E-state index is -1.31. The van der Waals surface area contributed by atoms with Crippen LogP contribution in [0.4, 0.5) is 0 Å². The van der Waals surface area contributed by atoms with Gasteiger partial charge in [0.15, 0.2) is 0 Å². The number of unbranched alkanes of at least 4 members (excludes halogenated alkanes) is 6. The van der Waals surface area contributed by atoms with Crippen molar-refractivity contribution >= 4 is 96.3 Å². The summed E-state index contributed by atoms with van der Waals surface area (Å²) >= 11 is 0. The first kappa shape index (κ1) is 96.9. The third-order valence-corrected chi connectivity index (χ3v) is 19.9. The van der Waals surface area contributed by atoms with Crippen molar-refractivity contribution in [3.8, 4) is 36.0 Å². The standard InChI is InChI=1S/C24H24N2.C20H34Si.C19H26O2.C12H16.C10H12.CH4NP2.H4P2.2V/c1-7-20(13-25)23-10-19(6)24(11-18(23)5)22(14-26)12-21-9-16(3)15(2)8-17(21)4;1-6-8-9-10-11-12-16-21(4,5)20-17-18(3)14-15-19(20)13-7-2;1-6-9-11-16(8-3)14-21-19-12-15(4)18(20-5)13-17(19)10-7-2;1-5-6-12-8-10(3)9(2)7-11(12)4;1-3-4-10-7-5-9(2)6-8-10;2-1(3)4;1-2;;/h7-12H,1-6H3;7,13-15,17H,6,8-12,16H2,1-5H3;3,7,10,12-13,16H,6,9,11,14H2,1-2,4-5H3;5-8H,1-4H3;3-8H,1-2H3;3-4H2;1-2H2;;/q;;;;;-1;;;/b20-7+,22-12+;13-7+;10-7+;6-5+;4-3+;;;;. The molecule has 526 valence electrons. The van der Waals surface area contributed by atoms with E-state index in [4.69, 9.17) is 21.3 Å². The van der Waals surface area contributed by atoms with Gasteiger partial charge in [0.2, 0.25) is 0 Å². The maximum Gasteiger partial charge on any atom is 0.127 e. The van der Waals surface area contributed by atoms with Crippen LogP contribution < -0.4 is 14.7 Å². The summed E-state index contributed by atoms with van der Waals surface area (Å²) in [5.74, 6) is 4.73. The maximum atomic E-state index is 9.76. The van der Waals surface area contributed by atoms with Crippen molar-refractivity contribution in [3.63, 3.8) is 0 Å². The van der Waals surface area contributed by atoms with Gasteiger partial charge in [0, 0.05) is 42.7 Å². The zero-order valence-electron chi connectivity index (χ0n) is 63.7. The van der Waals surface area contributed by atoms with E-state index in [0.29, 0.717) is 17.8 Å². The average molecular weight is 1480 g/mol. The largest absolute Gasteiger partial charge is 0.804 e. The van der Waals surface area contributed by atoms with Crippen LogP contribution in [0, 0.1) is 117 Å². The summed E-state index contributed by atoms with van der Waals surface area (Å²) < 4.78 is 11.3. The van der Waals surface area contributed by atoms with E-state index in [0.717, 1.165) is 75.3 Å². The van der Waals surface area contributed by atoms with Gasteiger partial charge in [-0.2, -0.15) is 15.7 Å². The molecule has 0 saturated heterocycles. The van der Waals surface area contributed by atoms with Crippen molar-refractivity contribution in [3.05, 3.63) is 227 Å². The Bertz CT molecular complexity index is 3670. The molecule has 5 nitrogen and oxygen atoms in total. The molecule has 2 radical (unpaired) electrons. The zero-order chi connectivity index (χ0) is 72.9. The predicted molar refractivity (Wildman–Crippen MR) is 449 cm³/mol. The minimum Gasteiger partial charge on any atom is -0.804 e. The number of methoxy groups -OCH3 is 1. The Labute approximate surface area is 632 Å². The van der Waals surface area contributed by atoms with Crippen molar-refractivity contribution in [2.45, 2.75) is 202 Å². The first-order chi connectivity index (χ1) is 45.7. The number of hydrogen-bond acceptors (Lipinski definition) is 4. The van der Waals surface area contributed by atoms with Gasteiger partial charge >= 0.3 is 0 Å². The Balaban J connectivity index is -0.00000116. The molecule has 0 heterocycles. The van der Waals surface area contributed by atoms with Crippen LogP contribution in [0.3, 0.4) is 0 Å². The zero-order valence-corrected chi connectivity index (χ0v) is 72.1. The summed E-state index contributed by atoms with van der Waals surface area (Å²) in [6.07, 6.45) is 38.0. The van der Waals surface area contributed by atoms with Gasteiger partial charge < -0.3 is 14.9 Å². The molecule has 98 heavy (non-hydrogen) atoms. The topological polar surface area (TPSA) is 88.3 Å². The fourth-order valence-electron chi connectivity index (χ4n) is 10.6. The Kier molecular flexibility index (Phi) is 54.7. The molecule has 0 saturated carbocycles. The molecule has 6 aromatic carbocycles. The van der Waals surface area contributed by atoms with E-state index in [1.807, 2.05) is 96.2 Å². The summed E-state index contributed by atoms with van der Waals surface area (Å²) in [4.78, 5) is 0. The van der Waals surface area contributed by atoms with E-state index >= 15 is 0 Å². The number of aryl methyl sites for hydroxylation is 11. The molecule has 6 aromatic rings. The number of hydrogen-bond donors (Lipinski definition) is 0. The summed E-state index contributed by atoms with van der Waals surface area (Å²) in [5, 5.41) is 28.9. The van der Waals surface area contributed by atoms with Crippen LogP contribution in [0.25, 0.3) is 46.9 Å². The minimum absolute atomic E-state index is 0. The number of nitrogens with zero attached hydrogens (tertiary/aromatic N) is 3. The monoisotopic (exact) mass is 1480 g/mol. The van der Waals surface area contributed by atoms with E-state index in [1.54, 1.807) is 12.3 Å². The quantitative estimate of drug-likeness (QED) is 0.0129. The van der Waals surface area contributed by atoms with Gasteiger partial charge in [-0.25, -0.2) is 0 Å². The summed E-state index contributed by atoms with van der Waals surface area (Å²) in [7, 11) is 9.22. The number of ether oxygens (including phenoxy) is 2. The molecule has 0 amide bonds. The first-order valence-corrected chi connectivity index (χ1v) is 41.0. The molecule has 0 aromatic heterocycles. The second kappa shape index (κ2) is 55.4. The SMILES string of the molecule is C#CC(CCCC)COc1cc(C)c(OC)cc1/C=C/C.C/C=C(\C#N)c1cc(C)c(/C(C#N)=C/c2cc(C)c(C)cc2C)cc1C.C/C=C/c1cc(C)c(C)cc1C.C/C=C/c1ccc(C)cc1.C/C=C/c1ccc(C)cc1[Si](C)(C)CCCCCCCC.PP.[N-]=C(P)P.[V].[V]. The van der Waals surface area contributed by atoms with E-state index in [-0.39, 0.29) is 48.2 Å². The van der Waals surface area contributed by atoms with Gasteiger partial charge in [0.05, 0.1) is 44.4 Å². The van der Waals surface area contributed by atoms with E-state index in [1.165, 1.54) is 100 Å². The van der Waals surface area contributed by atoms with E-state index < -0.39 is 8.07 Å². The molecular weight excluding hydrogens is 1360 g/mol. The molecule has 0 fully saturated rings. The van der Waals surface area contributed by atoms with Crippen LogP contribution in [0.2, 0.25) is 19.1 Å². The molecule has 0 aliphatic carbocycles. The fraction of sp³-hybridized carbons (Fsp3) is 0.384. The number of terminal acetylenes is 1.